The van der Waals surface area contributed by atoms with E-state index < -0.39 is 5.66 Å². The van der Waals surface area contributed by atoms with Gasteiger partial charge in [-0.1, -0.05) is 12.1 Å². The molecule has 2 aliphatic rings. The molecule has 0 aromatic heterocycles. The van der Waals surface area contributed by atoms with Crippen molar-refractivity contribution in [3.8, 4) is 23.3 Å². The molecule has 2 aromatic carbocycles. The molecule has 6 nitrogen and oxygen atoms in total. The van der Waals surface area contributed by atoms with E-state index in [1.165, 1.54) is 0 Å². The third-order valence-corrected chi connectivity index (χ3v) is 6.74. The van der Waals surface area contributed by atoms with Crippen molar-refractivity contribution < 1.29 is 4.74 Å². The first-order valence-corrected chi connectivity index (χ1v) is 10.9. The minimum Gasteiger partial charge on any atom is -0.382 e. The minimum absolute atomic E-state index is 0.221. The van der Waals surface area contributed by atoms with Gasteiger partial charge in [-0.2, -0.15) is 10.5 Å². The summed E-state index contributed by atoms with van der Waals surface area (Å²) in [6.45, 7) is 3.99. The van der Waals surface area contributed by atoms with Gasteiger partial charge >= 0.3 is 0 Å². The van der Waals surface area contributed by atoms with Crippen molar-refractivity contribution in [2.24, 2.45) is 21.6 Å². The number of rotatable bonds is 4. The number of ether oxygens (including phenoxy) is 1. The highest BCUT2D eigenvalue weighted by molar-refractivity contribution is 6.41. The normalized spacial score (nSPS) is 24.9. The lowest BCUT2D eigenvalue weighted by atomic mass is 9.74. The number of amidine groups is 1. The average molecular weight is 426 g/mol. The lowest BCUT2D eigenvalue weighted by Crippen LogP contribution is -2.36. The topological polar surface area (TPSA) is 108 Å². The van der Waals surface area contributed by atoms with Crippen LogP contribution in [0.25, 0.3) is 11.1 Å². The second-order valence-electron chi connectivity index (χ2n) is 8.68. The standard InChI is InChI=1S/C26H27N5O/c1-16-4-5-20(21-11-18(14-27)10-19(12-21)15-28)13-24(16)26(30-17(2)25(29)31-26)22-6-8-23(32-3)9-7-22/h4-5,10-13,22-23H,6-9H2,1-3H3,(H2,29,31). The Morgan fingerprint density at radius 3 is 2.12 bits per heavy atom. The molecule has 1 saturated carbocycles. The Balaban J connectivity index is 1.84. The summed E-state index contributed by atoms with van der Waals surface area (Å²) in [5.74, 6) is 0.709. The number of nitrogens with two attached hydrogens (primary N) is 1. The van der Waals surface area contributed by atoms with Crippen molar-refractivity contribution in [2.45, 2.75) is 51.3 Å². The summed E-state index contributed by atoms with van der Waals surface area (Å²) in [6.07, 6.45) is 4.14. The first-order valence-electron chi connectivity index (χ1n) is 10.9. The highest BCUT2D eigenvalue weighted by Crippen LogP contribution is 2.47. The first-order chi connectivity index (χ1) is 15.4. The van der Waals surface area contributed by atoms with Crippen LogP contribution in [0.2, 0.25) is 0 Å². The molecule has 1 heterocycles. The van der Waals surface area contributed by atoms with Crippen LogP contribution in [0.3, 0.4) is 0 Å². The van der Waals surface area contributed by atoms with Gasteiger partial charge in [0.05, 0.1) is 35.1 Å². The molecule has 0 spiro atoms. The van der Waals surface area contributed by atoms with E-state index >= 15 is 0 Å². The highest BCUT2D eigenvalue weighted by Gasteiger charge is 2.46. The molecule has 162 valence electrons. The van der Waals surface area contributed by atoms with Crippen LogP contribution >= 0.6 is 0 Å². The van der Waals surface area contributed by atoms with E-state index in [0.29, 0.717) is 17.0 Å². The Morgan fingerprint density at radius 1 is 0.938 bits per heavy atom. The molecule has 2 aromatic rings. The van der Waals surface area contributed by atoms with E-state index in [-0.39, 0.29) is 12.0 Å². The number of nitriles is 2. The number of benzene rings is 2. The zero-order chi connectivity index (χ0) is 22.9. The van der Waals surface area contributed by atoms with Gasteiger partial charge in [0.2, 0.25) is 0 Å². The summed E-state index contributed by atoms with van der Waals surface area (Å²) in [5, 5.41) is 18.8. The Morgan fingerprint density at radius 2 is 1.59 bits per heavy atom. The van der Waals surface area contributed by atoms with Crippen molar-refractivity contribution in [3.05, 3.63) is 58.7 Å². The molecule has 2 N–H and O–H groups in total. The van der Waals surface area contributed by atoms with Crippen LogP contribution in [0.5, 0.6) is 0 Å². The molecular weight excluding hydrogens is 398 g/mol. The monoisotopic (exact) mass is 425 g/mol. The van der Waals surface area contributed by atoms with Crippen LogP contribution < -0.4 is 5.73 Å². The Bertz CT molecular complexity index is 1140. The summed E-state index contributed by atoms with van der Waals surface area (Å²) < 4.78 is 5.58. The summed E-state index contributed by atoms with van der Waals surface area (Å²) in [6, 6.07) is 15.7. The Labute approximate surface area is 189 Å². The largest absolute Gasteiger partial charge is 0.382 e. The van der Waals surface area contributed by atoms with Gasteiger partial charge in [-0.3, -0.25) is 4.99 Å². The van der Waals surface area contributed by atoms with Crippen molar-refractivity contribution in [1.29, 1.82) is 10.5 Å². The van der Waals surface area contributed by atoms with Crippen LogP contribution in [0.15, 0.2) is 46.4 Å². The smallest absolute Gasteiger partial charge is 0.181 e. The van der Waals surface area contributed by atoms with Gasteiger partial charge in [0.25, 0.3) is 0 Å². The second kappa shape index (κ2) is 8.57. The van der Waals surface area contributed by atoms with Crippen LogP contribution in [0.1, 0.15) is 54.9 Å². The molecular formula is C26H27N5O. The lowest BCUT2D eigenvalue weighted by Gasteiger charge is -2.38. The molecule has 4 rings (SSSR count). The fourth-order valence-electron chi connectivity index (χ4n) is 4.95. The zero-order valence-corrected chi connectivity index (χ0v) is 18.7. The van der Waals surface area contributed by atoms with E-state index in [2.05, 4.69) is 31.2 Å². The third kappa shape index (κ3) is 3.79. The highest BCUT2D eigenvalue weighted by atomic mass is 16.5. The van der Waals surface area contributed by atoms with Crippen LogP contribution in [-0.2, 0) is 10.4 Å². The van der Waals surface area contributed by atoms with Gasteiger partial charge in [-0.25, -0.2) is 4.99 Å². The van der Waals surface area contributed by atoms with E-state index in [4.69, 9.17) is 20.5 Å². The van der Waals surface area contributed by atoms with Gasteiger partial charge in [0.15, 0.2) is 5.66 Å². The number of hydrogen-bond donors (Lipinski definition) is 1. The van der Waals surface area contributed by atoms with Crippen molar-refractivity contribution in [1.82, 2.24) is 0 Å². The predicted molar refractivity (Wildman–Crippen MR) is 125 cm³/mol. The van der Waals surface area contributed by atoms with Gasteiger partial charge in [0, 0.05) is 18.6 Å². The molecule has 0 bridgehead atoms. The molecule has 0 saturated heterocycles. The Hall–Kier alpha value is -3.48. The molecule has 1 atom stereocenters. The van der Waals surface area contributed by atoms with E-state index in [9.17, 15) is 10.5 Å². The molecule has 1 fully saturated rings. The molecule has 0 amide bonds. The van der Waals surface area contributed by atoms with Gasteiger partial charge < -0.3 is 10.5 Å². The van der Waals surface area contributed by atoms with Crippen molar-refractivity contribution in [2.75, 3.05) is 7.11 Å². The number of aliphatic imine (C=N–C) groups is 2. The Kier molecular flexibility index (Phi) is 5.82. The molecule has 1 unspecified atom stereocenters. The quantitative estimate of drug-likeness (QED) is 0.772. The van der Waals surface area contributed by atoms with Crippen LogP contribution in [-0.4, -0.2) is 24.8 Å². The first kappa shape index (κ1) is 21.7. The summed E-state index contributed by atoms with van der Waals surface area (Å²) in [7, 11) is 1.77. The summed E-state index contributed by atoms with van der Waals surface area (Å²) in [5.41, 5.74) is 11.1. The molecule has 6 heteroatoms. The third-order valence-electron chi connectivity index (χ3n) is 6.74. The maximum Gasteiger partial charge on any atom is 0.181 e. The maximum absolute atomic E-state index is 9.39. The van der Waals surface area contributed by atoms with E-state index in [1.54, 1.807) is 13.2 Å². The number of hydrogen-bond acceptors (Lipinski definition) is 6. The average Bonchev–Trinajstić information content (AvgIpc) is 3.13. The number of nitrogens with zero attached hydrogens (tertiary/aromatic N) is 4. The lowest BCUT2D eigenvalue weighted by molar-refractivity contribution is 0.0426. The molecule has 1 aliphatic heterocycles. The fraction of sp³-hybridized carbons (Fsp3) is 0.385. The summed E-state index contributed by atoms with van der Waals surface area (Å²) >= 11 is 0. The summed E-state index contributed by atoms with van der Waals surface area (Å²) in [4.78, 5) is 10.0. The molecule has 0 radical (unpaired) electrons. The van der Waals surface area contributed by atoms with Gasteiger partial charge in [0.1, 0.15) is 5.84 Å². The molecule has 1 aliphatic carbocycles. The predicted octanol–water partition coefficient (Wildman–Crippen LogP) is 4.60. The van der Waals surface area contributed by atoms with Gasteiger partial charge in [-0.05, 0) is 80.5 Å². The van der Waals surface area contributed by atoms with Crippen molar-refractivity contribution >= 4 is 11.5 Å². The fourth-order valence-corrected chi connectivity index (χ4v) is 4.95. The van der Waals surface area contributed by atoms with Gasteiger partial charge in [-0.15, -0.1) is 0 Å². The molecule has 32 heavy (non-hydrogen) atoms. The van der Waals surface area contributed by atoms with E-state index in [0.717, 1.165) is 53.6 Å². The van der Waals surface area contributed by atoms with E-state index in [1.807, 2.05) is 25.1 Å². The maximum atomic E-state index is 9.39. The van der Waals surface area contributed by atoms with Crippen LogP contribution in [0, 0.1) is 35.5 Å². The minimum atomic E-state index is -0.752. The SMILES string of the molecule is COC1CCC(C2(c3cc(-c4cc(C#N)cc(C#N)c4)ccc3C)N=C(C)C(N)=N2)CC1. The van der Waals surface area contributed by atoms with Crippen molar-refractivity contribution in [3.63, 3.8) is 0 Å². The second-order valence-corrected chi connectivity index (χ2v) is 8.68. The van der Waals surface area contributed by atoms with Crippen LogP contribution in [0.4, 0.5) is 0 Å². The number of aryl methyl sites for hydroxylation is 1. The number of methoxy groups -OCH3 is 1. The zero-order valence-electron chi connectivity index (χ0n) is 18.7.